The van der Waals surface area contributed by atoms with Crippen LogP contribution in [0.4, 0.5) is 4.79 Å². The zero-order chi connectivity index (χ0) is 21.7. The van der Waals surface area contributed by atoms with Gasteiger partial charge in [-0.15, -0.1) is 5.10 Å². The van der Waals surface area contributed by atoms with E-state index in [9.17, 15) is 14.4 Å². The van der Waals surface area contributed by atoms with Crippen molar-refractivity contribution >= 4 is 22.8 Å². The first-order chi connectivity index (χ1) is 14.1. The van der Waals surface area contributed by atoms with Crippen LogP contribution in [0.2, 0.25) is 0 Å². The van der Waals surface area contributed by atoms with Crippen molar-refractivity contribution in [3.05, 3.63) is 70.0 Å². The summed E-state index contributed by atoms with van der Waals surface area (Å²) in [4.78, 5) is 39.5. The van der Waals surface area contributed by atoms with Crippen LogP contribution in [0.5, 0.6) is 0 Å². The SMILES string of the molecule is CC(C)(C)c1ccc(C2(C)NC(=O)N(Cn3nnc4ccccc4c3=O)C2=O)cc1. The Morgan fingerprint density at radius 1 is 1.00 bits per heavy atom. The summed E-state index contributed by atoms with van der Waals surface area (Å²) in [6.07, 6.45) is 0. The zero-order valence-electron chi connectivity index (χ0n) is 17.3. The molecule has 3 amide bonds. The fourth-order valence-electron chi connectivity index (χ4n) is 3.57. The van der Waals surface area contributed by atoms with Crippen molar-refractivity contribution in [2.75, 3.05) is 0 Å². The monoisotopic (exact) mass is 405 g/mol. The van der Waals surface area contributed by atoms with Crippen LogP contribution in [0.15, 0.2) is 53.3 Å². The molecule has 0 spiro atoms. The van der Waals surface area contributed by atoms with Crippen LogP contribution < -0.4 is 10.9 Å². The quantitative estimate of drug-likeness (QED) is 0.676. The number of rotatable bonds is 3. The Morgan fingerprint density at radius 3 is 2.33 bits per heavy atom. The van der Waals surface area contributed by atoms with Crippen molar-refractivity contribution in [2.24, 2.45) is 0 Å². The van der Waals surface area contributed by atoms with Crippen LogP contribution in [0.1, 0.15) is 38.8 Å². The van der Waals surface area contributed by atoms with Gasteiger partial charge in [0.05, 0.1) is 5.39 Å². The lowest BCUT2D eigenvalue weighted by molar-refractivity contribution is -0.132. The van der Waals surface area contributed by atoms with Crippen LogP contribution >= 0.6 is 0 Å². The summed E-state index contributed by atoms with van der Waals surface area (Å²) in [5, 5.41) is 11.0. The molecule has 1 aromatic heterocycles. The Morgan fingerprint density at radius 2 is 1.67 bits per heavy atom. The number of nitrogens with zero attached hydrogens (tertiary/aromatic N) is 4. The number of urea groups is 1. The van der Waals surface area contributed by atoms with Crippen LogP contribution in [0.25, 0.3) is 10.9 Å². The van der Waals surface area contributed by atoms with Crippen molar-refractivity contribution in [2.45, 2.75) is 45.3 Å². The molecule has 30 heavy (non-hydrogen) atoms. The molecule has 1 saturated heterocycles. The molecule has 1 aliphatic heterocycles. The number of nitrogens with one attached hydrogen (secondary N) is 1. The molecule has 0 saturated carbocycles. The van der Waals surface area contributed by atoms with Gasteiger partial charge in [0.15, 0.2) is 0 Å². The van der Waals surface area contributed by atoms with Gasteiger partial charge in [-0.05, 0) is 35.6 Å². The third kappa shape index (κ3) is 3.14. The number of carbonyl (C=O) groups excluding carboxylic acids is 2. The molecule has 0 aliphatic carbocycles. The van der Waals surface area contributed by atoms with Crippen LogP contribution in [0.3, 0.4) is 0 Å². The molecule has 154 valence electrons. The van der Waals surface area contributed by atoms with Gasteiger partial charge in [-0.2, -0.15) is 4.68 Å². The fourth-order valence-corrected chi connectivity index (χ4v) is 3.57. The largest absolute Gasteiger partial charge is 0.326 e. The predicted molar refractivity (Wildman–Crippen MR) is 112 cm³/mol. The fraction of sp³-hybridized carbons (Fsp3) is 0.318. The van der Waals surface area contributed by atoms with Crippen molar-refractivity contribution in [3.8, 4) is 0 Å². The molecule has 1 N–H and O–H groups in total. The van der Waals surface area contributed by atoms with Gasteiger partial charge in [-0.1, -0.05) is 62.4 Å². The van der Waals surface area contributed by atoms with Crippen LogP contribution in [0, 0.1) is 0 Å². The Labute approximate surface area is 173 Å². The number of aromatic nitrogens is 3. The number of imide groups is 1. The van der Waals surface area contributed by atoms with Crippen molar-refractivity contribution in [1.29, 1.82) is 0 Å². The highest BCUT2D eigenvalue weighted by atomic mass is 16.2. The molecule has 1 fully saturated rings. The smallest absolute Gasteiger partial charge is 0.319 e. The lowest BCUT2D eigenvalue weighted by Crippen LogP contribution is -2.42. The van der Waals surface area contributed by atoms with Gasteiger partial charge >= 0.3 is 6.03 Å². The second-order valence-corrected chi connectivity index (χ2v) is 8.67. The van der Waals surface area contributed by atoms with Crippen LogP contribution in [-0.4, -0.2) is 31.8 Å². The minimum Gasteiger partial charge on any atom is -0.319 e. The number of amides is 3. The van der Waals surface area contributed by atoms with E-state index in [1.807, 2.05) is 24.3 Å². The Kier molecular flexibility index (Phi) is 4.45. The Bertz CT molecular complexity index is 1210. The highest BCUT2D eigenvalue weighted by molar-refractivity contribution is 6.06. The first-order valence-corrected chi connectivity index (χ1v) is 9.69. The number of benzene rings is 2. The summed E-state index contributed by atoms with van der Waals surface area (Å²) in [6, 6.07) is 13.8. The summed E-state index contributed by atoms with van der Waals surface area (Å²) in [5.74, 6) is -0.446. The first kappa shape index (κ1) is 19.8. The van der Waals surface area contributed by atoms with E-state index >= 15 is 0 Å². The van der Waals surface area contributed by atoms with Crippen molar-refractivity contribution in [3.63, 3.8) is 0 Å². The number of hydrogen-bond acceptors (Lipinski definition) is 5. The maximum atomic E-state index is 13.2. The summed E-state index contributed by atoms with van der Waals surface area (Å²) in [6.45, 7) is 7.67. The van der Waals surface area contributed by atoms with E-state index in [1.54, 1.807) is 31.2 Å². The predicted octanol–water partition coefficient (Wildman–Crippen LogP) is 2.51. The molecule has 0 radical (unpaired) electrons. The summed E-state index contributed by atoms with van der Waals surface area (Å²) >= 11 is 0. The molecule has 3 aromatic rings. The van der Waals surface area contributed by atoms with Gasteiger partial charge in [0, 0.05) is 0 Å². The van der Waals surface area contributed by atoms with Gasteiger partial charge < -0.3 is 5.32 Å². The molecule has 2 heterocycles. The van der Waals surface area contributed by atoms with E-state index < -0.39 is 23.0 Å². The third-order valence-electron chi connectivity index (χ3n) is 5.51. The zero-order valence-corrected chi connectivity index (χ0v) is 17.3. The second kappa shape index (κ2) is 6.76. The average molecular weight is 405 g/mol. The van der Waals surface area contributed by atoms with Gasteiger partial charge in [0.25, 0.3) is 11.5 Å². The highest BCUT2D eigenvalue weighted by Crippen LogP contribution is 2.31. The average Bonchev–Trinajstić information content (AvgIpc) is 2.93. The molecule has 2 aromatic carbocycles. The molecule has 0 bridgehead atoms. The molecule has 1 atom stereocenters. The number of carbonyl (C=O) groups is 2. The Balaban J connectivity index is 1.64. The maximum Gasteiger partial charge on any atom is 0.326 e. The molecule has 4 rings (SSSR count). The van der Waals surface area contributed by atoms with Gasteiger partial charge in [-0.3, -0.25) is 9.59 Å². The van der Waals surface area contributed by atoms with E-state index in [4.69, 9.17) is 0 Å². The molecule has 1 aliphatic rings. The maximum absolute atomic E-state index is 13.2. The van der Waals surface area contributed by atoms with E-state index in [0.29, 0.717) is 16.5 Å². The second-order valence-electron chi connectivity index (χ2n) is 8.67. The molecular weight excluding hydrogens is 382 g/mol. The Hall–Kier alpha value is -3.55. The normalized spacial score (nSPS) is 19.4. The van der Waals surface area contributed by atoms with E-state index in [1.165, 1.54) is 0 Å². The molecule has 8 nitrogen and oxygen atoms in total. The minimum absolute atomic E-state index is 0.0235. The van der Waals surface area contributed by atoms with E-state index in [-0.39, 0.29) is 12.1 Å². The summed E-state index contributed by atoms with van der Waals surface area (Å²) < 4.78 is 1.02. The third-order valence-corrected chi connectivity index (χ3v) is 5.51. The topological polar surface area (TPSA) is 97.2 Å². The highest BCUT2D eigenvalue weighted by Gasteiger charge is 2.49. The minimum atomic E-state index is -1.22. The van der Waals surface area contributed by atoms with Gasteiger partial charge in [0.1, 0.15) is 17.7 Å². The van der Waals surface area contributed by atoms with E-state index in [2.05, 4.69) is 36.4 Å². The van der Waals surface area contributed by atoms with Crippen molar-refractivity contribution in [1.82, 2.24) is 25.2 Å². The standard InChI is InChI=1S/C22H23N5O3/c1-21(2,3)14-9-11-15(12-10-14)22(4)19(29)26(20(30)23-22)13-27-18(28)16-7-5-6-8-17(16)24-25-27/h5-12H,13H2,1-4H3,(H,23,30). The molecule has 1 unspecified atom stereocenters. The summed E-state index contributed by atoms with van der Waals surface area (Å²) in [7, 11) is 0. The lowest BCUT2D eigenvalue weighted by atomic mass is 9.84. The molecular formula is C22H23N5O3. The van der Waals surface area contributed by atoms with E-state index in [0.717, 1.165) is 15.1 Å². The number of fused-ring (bicyclic) bond motifs is 1. The lowest BCUT2D eigenvalue weighted by Gasteiger charge is -2.24. The number of hydrogen-bond donors (Lipinski definition) is 1. The van der Waals surface area contributed by atoms with Gasteiger partial charge in [0.2, 0.25) is 0 Å². The summed E-state index contributed by atoms with van der Waals surface area (Å²) in [5.41, 5.74) is 0.602. The van der Waals surface area contributed by atoms with Crippen LogP contribution in [-0.2, 0) is 22.4 Å². The first-order valence-electron chi connectivity index (χ1n) is 9.69. The van der Waals surface area contributed by atoms with Crippen molar-refractivity contribution < 1.29 is 9.59 Å². The van der Waals surface area contributed by atoms with Gasteiger partial charge in [-0.25, -0.2) is 9.69 Å². The molecule has 8 heteroatoms.